The van der Waals surface area contributed by atoms with E-state index in [-0.39, 0.29) is 0 Å². The smallest absolute Gasteiger partial charge is 0.0210 e. The maximum Gasteiger partial charge on any atom is -0.0210 e. The van der Waals surface area contributed by atoms with Crippen LogP contribution >= 0.6 is 0 Å². The van der Waals surface area contributed by atoms with Gasteiger partial charge in [0.05, 0.1) is 0 Å². The highest BCUT2D eigenvalue weighted by Gasteiger charge is 2.30. The van der Waals surface area contributed by atoms with Crippen LogP contribution in [0, 0.1) is 23.7 Å². The van der Waals surface area contributed by atoms with E-state index in [4.69, 9.17) is 0 Å². The molecule has 2 saturated carbocycles. The van der Waals surface area contributed by atoms with Gasteiger partial charge in [-0.1, -0.05) is 51.7 Å². The number of rotatable bonds is 8. The predicted octanol–water partition coefficient (Wildman–Crippen LogP) is 7.45. The molecule has 0 heteroatoms. The average Bonchev–Trinajstić information content (AvgIpc) is 2.58. The monoisotopic (exact) mass is 302 g/mol. The van der Waals surface area contributed by atoms with Gasteiger partial charge in [-0.25, -0.2) is 0 Å². The van der Waals surface area contributed by atoms with Crippen molar-refractivity contribution < 1.29 is 0 Å². The molecule has 0 aromatic carbocycles. The summed E-state index contributed by atoms with van der Waals surface area (Å²) in [6.07, 6.45) is 24.7. The van der Waals surface area contributed by atoms with Crippen molar-refractivity contribution in [1.29, 1.82) is 0 Å². The van der Waals surface area contributed by atoms with E-state index < -0.39 is 0 Å². The highest BCUT2D eigenvalue weighted by Crippen LogP contribution is 2.44. The Kier molecular flexibility index (Phi) is 8.63. The van der Waals surface area contributed by atoms with Crippen molar-refractivity contribution in [3.05, 3.63) is 24.0 Å². The molecule has 0 aromatic heterocycles. The molecular formula is C22H38. The summed E-state index contributed by atoms with van der Waals surface area (Å²) >= 11 is 0. The fourth-order valence-corrected chi connectivity index (χ4v) is 4.33. The molecule has 2 radical (unpaired) electrons. The molecule has 0 aliphatic heterocycles. The first-order valence-electron chi connectivity index (χ1n) is 10.2. The third-order valence-corrected chi connectivity index (χ3v) is 5.96. The zero-order chi connectivity index (χ0) is 15.6. The van der Waals surface area contributed by atoms with Gasteiger partial charge in [0.25, 0.3) is 0 Å². The molecule has 2 fully saturated rings. The van der Waals surface area contributed by atoms with Crippen LogP contribution in [0.25, 0.3) is 0 Å². The van der Waals surface area contributed by atoms with E-state index in [1.54, 1.807) is 0 Å². The lowest BCUT2D eigenvalue weighted by Crippen LogP contribution is -2.23. The minimum absolute atomic E-state index is 0.885. The minimum atomic E-state index is 0.885. The van der Waals surface area contributed by atoms with E-state index >= 15 is 0 Å². The van der Waals surface area contributed by atoms with Crippen molar-refractivity contribution in [3.63, 3.8) is 0 Å². The highest BCUT2D eigenvalue weighted by atomic mass is 14.4. The maximum atomic E-state index is 2.53. The van der Waals surface area contributed by atoms with Gasteiger partial charge in [0.2, 0.25) is 0 Å². The molecule has 0 amide bonds. The first kappa shape index (κ1) is 18.1. The van der Waals surface area contributed by atoms with Crippen molar-refractivity contribution in [2.24, 2.45) is 11.8 Å². The fraction of sp³-hybridized carbons (Fsp3) is 0.818. The Morgan fingerprint density at radius 2 is 1.55 bits per heavy atom. The van der Waals surface area contributed by atoms with Crippen molar-refractivity contribution >= 4 is 0 Å². The Morgan fingerprint density at radius 1 is 0.864 bits per heavy atom. The summed E-state index contributed by atoms with van der Waals surface area (Å²) in [5.41, 5.74) is 0. The molecule has 0 unspecified atom stereocenters. The number of hydrogen-bond acceptors (Lipinski definition) is 0. The molecule has 0 spiro atoms. The first-order chi connectivity index (χ1) is 10.8. The van der Waals surface area contributed by atoms with Crippen LogP contribution in [0.5, 0.6) is 0 Å². The third kappa shape index (κ3) is 6.09. The molecule has 0 nitrogen and oxygen atoms in total. The largest absolute Gasteiger partial charge is 0.0883 e. The van der Waals surface area contributed by atoms with Crippen molar-refractivity contribution in [2.75, 3.05) is 0 Å². The Morgan fingerprint density at radius 3 is 2.18 bits per heavy atom. The van der Waals surface area contributed by atoms with Crippen LogP contribution < -0.4 is 0 Å². The lowest BCUT2D eigenvalue weighted by molar-refractivity contribution is 0.309. The van der Waals surface area contributed by atoms with Gasteiger partial charge >= 0.3 is 0 Å². The topological polar surface area (TPSA) is 0 Å². The van der Waals surface area contributed by atoms with Gasteiger partial charge in [-0.3, -0.25) is 0 Å². The second-order valence-corrected chi connectivity index (χ2v) is 7.69. The van der Waals surface area contributed by atoms with Gasteiger partial charge in [-0.2, -0.15) is 0 Å². The number of allylic oxidation sites excluding steroid dienone is 2. The molecule has 0 bridgehead atoms. The highest BCUT2D eigenvalue weighted by molar-refractivity contribution is 5.07. The predicted molar refractivity (Wildman–Crippen MR) is 98.6 cm³/mol. The molecule has 0 N–H and O–H groups in total. The molecule has 126 valence electrons. The van der Waals surface area contributed by atoms with Crippen LogP contribution in [0.2, 0.25) is 0 Å². The minimum Gasteiger partial charge on any atom is -0.0883 e. The molecule has 2 aliphatic rings. The van der Waals surface area contributed by atoms with Crippen molar-refractivity contribution in [3.8, 4) is 0 Å². The summed E-state index contributed by atoms with van der Waals surface area (Å²) < 4.78 is 0. The Hall–Kier alpha value is -0.260. The van der Waals surface area contributed by atoms with Gasteiger partial charge in [0.1, 0.15) is 0 Å². The van der Waals surface area contributed by atoms with Crippen LogP contribution in [0.3, 0.4) is 0 Å². The molecule has 0 atom stereocenters. The zero-order valence-corrected chi connectivity index (χ0v) is 15.2. The quantitative estimate of drug-likeness (QED) is 0.322. The van der Waals surface area contributed by atoms with Crippen LogP contribution in [-0.2, 0) is 0 Å². The second-order valence-electron chi connectivity index (χ2n) is 7.69. The summed E-state index contributed by atoms with van der Waals surface area (Å²) in [6, 6.07) is 0. The first-order valence-corrected chi connectivity index (χ1v) is 10.2. The summed E-state index contributed by atoms with van der Waals surface area (Å²) in [7, 11) is 0. The molecule has 2 aliphatic carbocycles. The standard InChI is InChI=1S/C22H38/c1-3-5-7-8-10-20-13-17-22(18-14-20)21-15-11-19(12-16-21)9-6-4-2/h8,10,20-21H,3-7,9,11-18H2,1-2H3/b10-8+. The van der Waals surface area contributed by atoms with E-state index in [0.29, 0.717) is 0 Å². The molecule has 22 heavy (non-hydrogen) atoms. The molecule has 0 saturated heterocycles. The normalized spacial score (nSPS) is 23.5. The fourth-order valence-electron chi connectivity index (χ4n) is 4.33. The summed E-state index contributed by atoms with van der Waals surface area (Å²) in [6.45, 7) is 4.60. The molecule has 0 aromatic rings. The van der Waals surface area contributed by atoms with Gasteiger partial charge in [0.15, 0.2) is 0 Å². The average molecular weight is 303 g/mol. The van der Waals surface area contributed by atoms with Gasteiger partial charge in [0, 0.05) is 0 Å². The summed E-state index contributed by atoms with van der Waals surface area (Å²) in [5, 5.41) is 0. The Balaban J connectivity index is 1.62. The summed E-state index contributed by atoms with van der Waals surface area (Å²) in [4.78, 5) is 0. The second kappa shape index (κ2) is 10.5. The van der Waals surface area contributed by atoms with Gasteiger partial charge in [-0.05, 0) is 87.9 Å². The Labute approximate surface area is 140 Å². The number of unbranched alkanes of at least 4 members (excludes halogenated alkanes) is 3. The van der Waals surface area contributed by atoms with E-state index in [2.05, 4.69) is 26.0 Å². The Bertz CT molecular complexity index is 287. The zero-order valence-electron chi connectivity index (χ0n) is 15.2. The molecule has 2 rings (SSSR count). The third-order valence-electron chi connectivity index (χ3n) is 5.96. The van der Waals surface area contributed by atoms with Crippen molar-refractivity contribution in [1.82, 2.24) is 0 Å². The lowest BCUT2D eigenvalue weighted by Gasteiger charge is -2.37. The van der Waals surface area contributed by atoms with Crippen LogP contribution in [-0.4, -0.2) is 0 Å². The van der Waals surface area contributed by atoms with Gasteiger partial charge < -0.3 is 0 Å². The van der Waals surface area contributed by atoms with Crippen LogP contribution in [0.15, 0.2) is 12.2 Å². The SMILES string of the molecule is CCCC/C=C/C1CC[C](C2CC[C](CCCC)CC2)CC1. The van der Waals surface area contributed by atoms with Gasteiger partial charge in [-0.15, -0.1) is 0 Å². The van der Waals surface area contributed by atoms with Crippen LogP contribution in [0.4, 0.5) is 0 Å². The molecular weight excluding hydrogens is 264 g/mol. The van der Waals surface area contributed by atoms with E-state index in [0.717, 1.165) is 11.8 Å². The summed E-state index contributed by atoms with van der Waals surface area (Å²) in [5.74, 6) is 5.69. The molecule has 0 heterocycles. The van der Waals surface area contributed by atoms with E-state index in [1.807, 2.05) is 11.8 Å². The number of hydrogen-bond donors (Lipinski definition) is 0. The van der Waals surface area contributed by atoms with Crippen LogP contribution in [0.1, 0.15) is 104 Å². The van der Waals surface area contributed by atoms with E-state index in [1.165, 1.54) is 89.9 Å². The maximum absolute atomic E-state index is 2.53. The van der Waals surface area contributed by atoms with E-state index in [9.17, 15) is 0 Å². The van der Waals surface area contributed by atoms with Crippen molar-refractivity contribution in [2.45, 2.75) is 104 Å². The lowest BCUT2D eigenvalue weighted by atomic mass is 9.68.